The molecule has 0 aromatic heterocycles. The van der Waals surface area contributed by atoms with Crippen LogP contribution >= 0.6 is 0 Å². The van der Waals surface area contributed by atoms with Crippen molar-refractivity contribution in [3.8, 4) is 0 Å². The molecular formula is C15H14N2O5S. The molecular weight excluding hydrogens is 320 g/mol. The zero-order valence-electron chi connectivity index (χ0n) is 12.2. The number of carbonyl (C=O) groups excluding carboxylic acids is 2. The van der Waals surface area contributed by atoms with Crippen molar-refractivity contribution in [2.45, 2.75) is 17.9 Å². The summed E-state index contributed by atoms with van der Waals surface area (Å²) in [6, 6.07) is 10.1. The third-order valence-electron chi connectivity index (χ3n) is 3.66. The molecule has 0 fully saturated rings. The van der Waals surface area contributed by atoms with Crippen LogP contribution in [0.5, 0.6) is 0 Å². The summed E-state index contributed by atoms with van der Waals surface area (Å²) in [6.45, 7) is 0.807. The van der Waals surface area contributed by atoms with Gasteiger partial charge in [0, 0.05) is 5.39 Å². The molecule has 1 aliphatic rings. The fourth-order valence-corrected chi connectivity index (χ4v) is 4.19. The molecule has 0 saturated carbocycles. The molecule has 0 bridgehead atoms. The topological polar surface area (TPSA) is 107 Å². The maximum Gasteiger partial charge on any atom is 0.327 e. The molecule has 3 rings (SSSR count). The van der Waals surface area contributed by atoms with Crippen LogP contribution in [-0.2, 0) is 24.3 Å². The first-order valence-electron chi connectivity index (χ1n) is 6.85. The maximum absolute atomic E-state index is 12.6. The number of rotatable bonds is 4. The first-order valence-corrected chi connectivity index (χ1v) is 8.29. The molecule has 2 aromatic carbocycles. The first kappa shape index (κ1) is 15.3. The minimum Gasteiger partial charge on any atom is -0.451 e. The molecule has 8 heteroatoms. The lowest BCUT2D eigenvalue weighted by atomic mass is 10.1. The Hall–Kier alpha value is -2.61. The smallest absolute Gasteiger partial charge is 0.327 e. The summed E-state index contributed by atoms with van der Waals surface area (Å²) in [7, 11) is -3.83. The molecule has 1 heterocycles. The van der Waals surface area contributed by atoms with E-state index in [-0.39, 0.29) is 4.90 Å². The molecule has 0 saturated heterocycles. The lowest BCUT2D eigenvalue weighted by Gasteiger charge is -2.18. The summed E-state index contributed by atoms with van der Waals surface area (Å²) >= 11 is 0. The largest absolute Gasteiger partial charge is 0.451 e. The van der Waals surface area contributed by atoms with Crippen LogP contribution in [0.2, 0.25) is 0 Å². The van der Waals surface area contributed by atoms with Gasteiger partial charge in [-0.05, 0) is 24.4 Å². The number of amides is 1. The number of hydrogen-bond donors (Lipinski definition) is 1. The number of benzene rings is 2. The molecule has 0 aliphatic carbocycles. The summed E-state index contributed by atoms with van der Waals surface area (Å²) in [4.78, 5) is 23.0. The Morgan fingerprint density at radius 2 is 1.87 bits per heavy atom. The van der Waals surface area contributed by atoms with Gasteiger partial charge in [-0.15, -0.1) is 0 Å². The molecule has 2 N–H and O–H groups in total. The van der Waals surface area contributed by atoms with Gasteiger partial charge in [0.25, 0.3) is 15.9 Å². The van der Waals surface area contributed by atoms with Gasteiger partial charge >= 0.3 is 5.97 Å². The van der Waals surface area contributed by atoms with E-state index in [1.165, 1.54) is 13.0 Å². The molecule has 120 valence electrons. The van der Waals surface area contributed by atoms with Gasteiger partial charge in [-0.2, -0.15) is 0 Å². The van der Waals surface area contributed by atoms with E-state index >= 15 is 0 Å². The van der Waals surface area contributed by atoms with Crippen molar-refractivity contribution in [2.75, 3.05) is 10.8 Å². The highest BCUT2D eigenvalue weighted by molar-refractivity contribution is 7.93. The van der Waals surface area contributed by atoms with E-state index in [9.17, 15) is 18.0 Å². The summed E-state index contributed by atoms with van der Waals surface area (Å²) in [5, 5.41) is 1.34. The van der Waals surface area contributed by atoms with Gasteiger partial charge < -0.3 is 10.5 Å². The number of ether oxygens (including phenoxy) is 1. The van der Waals surface area contributed by atoms with Gasteiger partial charge in [0.2, 0.25) is 0 Å². The normalized spacial score (nSPS) is 16.3. The highest BCUT2D eigenvalue weighted by Crippen LogP contribution is 2.41. The first-order chi connectivity index (χ1) is 10.8. The highest BCUT2D eigenvalue weighted by Gasteiger charge is 2.37. The lowest BCUT2D eigenvalue weighted by Crippen LogP contribution is -2.37. The SMILES string of the molecule is C[C@H](OC(=O)CN1c2cccc3cccc(c23)S1(=O)=O)C(N)=O. The van der Waals surface area contributed by atoms with Gasteiger partial charge in [0.1, 0.15) is 6.54 Å². The molecule has 23 heavy (non-hydrogen) atoms. The van der Waals surface area contributed by atoms with E-state index in [1.807, 2.05) is 0 Å². The van der Waals surface area contributed by atoms with Crippen molar-refractivity contribution in [1.29, 1.82) is 0 Å². The molecule has 1 amide bonds. The summed E-state index contributed by atoms with van der Waals surface area (Å²) in [5.74, 6) is -1.64. The molecule has 0 unspecified atom stereocenters. The molecule has 1 aliphatic heterocycles. The average Bonchev–Trinajstić information content (AvgIpc) is 2.71. The Balaban J connectivity index is 1.98. The number of nitrogens with two attached hydrogens (primary N) is 1. The Morgan fingerprint density at radius 3 is 2.52 bits per heavy atom. The van der Waals surface area contributed by atoms with Crippen LogP contribution in [0.15, 0.2) is 41.3 Å². The van der Waals surface area contributed by atoms with Crippen molar-refractivity contribution in [1.82, 2.24) is 0 Å². The van der Waals surface area contributed by atoms with Gasteiger partial charge in [-0.25, -0.2) is 8.42 Å². The van der Waals surface area contributed by atoms with Crippen molar-refractivity contribution in [3.05, 3.63) is 36.4 Å². The second kappa shape index (κ2) is 5.24. The van der Waals surface area contributed by atoms with Crippen LogP contribution in [0.3, 0.4) is 0 Å². The maximum atomic E-state index is 12.6. The standard InChI is InChI=1S/C15H14N2O5S/c1-9(15(16)19)22-13(18)8-17-11-6-2-4-10-5-3-7-12(14(10)11)23(17,20)21/h2-7,9H,8H2,1H3,(H2,16,19)/t9-/m0/s1. The second-order valence-electron chi connectivity index (χ2n) is 5.18. The Labute approximate surface area is 132 Å². The number of esters is 1. The van der Waals surface area contributed by atoms with Crippen molar-refractivity contribution in [2.24, 2.45) is 5.73 Å². The average molecular weight is 334 g/mol. The molecule has 0 radical (unpaired) electrons. The number of sulfonamides is 1. The van der Waals surface area contributed by atoms with E-state index in [1.54, 1.807) is 30.3 Å². The number of primary amides is 1. The van der Waals surface area contributed by atoms with Crippen LogP contribution in [0.1, 0.15) is 6.92 Å². The predicted molar refractivity (Wildman–Crippen MR) is 83.2 cm³/mol. The predicted octanol–water partition coefficient (Wildman–Crippen LogP) is 0.766. The fourth-order valence-electron chi connectivity index (χ4n) is 2.54. The zero-order valence-corrected chi connectivity index (χ0v) is 13.0. The Kier molecular flexibility index (Phi) is 3.48. The summed E-state index contributed by atoms with van der Waals surface area (Å²) < 4.78 is 31.1. The van der Waals surface area contributed by atoms with Crippen molar-refractivity contribution in [3.63, 3.8) is 0 Å². The lowest BCUT2D eigenvalue weighted by molar-refractivity contribution is -0.152. The number of hydrogen-bond acceptors (Lipinski definition) is 5. The van der Waals surface area contributed by atoms with Crippen molar-refractivity contribution >= 4 is 38.4 Å². The Morgan fingerprint density at radius 1 is 1.22 bits per heavy atom. The quantitative estimate of drug-likeness (QED) is 0.831. The van der Waals surface area contributed by atoms with Gasteiger partial charge in [0.15, 0.2) is 6.10 Å². The zero-order chi connectivity index (χ0) is 16.8. The van der Waals surface area contributed by atoms with Crippen LogP contribution in [-0.4, -0.2) is 32.9 Å². The van der Waals surface area contributed by atoms with Crippen LogP contribution < -0.4 is 10.0 Å². The molecule has 2 aromatic rings. The van der Waals surface area contributed by atoms with Gasteiger partial charge in [-0.3, -0.25) is 13.9 Å². The molecule has 1 atom stereocenters. The van der Waals surface area contributed by atoms with E-state index in [0.29, 0.717) is 11.1 Å². The van der Waals surface area contributed by atoms with Crippen LogP contribution in [0.4, 0.5) is 5.69 Å². The number of carbonyl (C=O) groups is 2. The third kappa shape index (κ3) is 2.40. The second-order valence-corrected chi connectivity index (χ2v) is 7.01. The fraction of sp³-hybridized carbons (Fsp3) is 0.200. The van der Waals surface area contributed by atoms with Crippen LogP contribution in [0, 0.1) is 0 Å². The minimum absolute atomic E-state index is 0.154. The van der Waals surface area contributed by atoms with E-state index < -0.39 is 34.5 Å². The van der Waals surface area contributed by atoms with Gasteiger partial charge in [0.05, 0.1) is 10.6 Å². The monoisotopic (exact) mass is 334 g/mol. The Bertz CT molecular complexity index is 917. The molecule has 7 nitrogen and oxygen atoms in total. The minimum atomic E-state index is -3.83. The van der Waals surface area contributed by atoms with E-state index in [0.717, 1.165) is 9.69 Å². The third-order valence-corrected chi connectivity index (χ3v) is 5.46. The summed E-state index contributed by atoms with van der Waals surface area (Å²) in [6.07, 6.45) is -1.12. The molecule has 0 spiro atoms. The number of anilines is 1. The number of nitrogens with zero attached hydrogens (tertiary/aromatic N) is 1. The highest BCUT2D eigenvalue weighted by atomic mass is 32.2. The summed E-state index contributed by atoms with van der Waals surface area (Å²) in [5.41, 5.74) is 5.45. The van der Waals surface area contributed by atoms with E-state index in [2.05, 4.69) is 0 Å². The van der Waals surface area contributed by atoms with Gasteiger partial charge in [-0.1, -0.05) is 24.3 Å². The van der Waals surface area contributed by atoms with Crippen LogP contribution in [0.25, 0.3) is 10.8 Å². The van der Waals surface area contributed by atoms with E-state index in [4.69, 9.17) is 10.5 Å². The van der Waals surface area contributed by atoms with Crippen molar-refractivity contribution < 1.29 is 22.7 Å².